The van der Waals surface area contributed by atoms with E-state index in [1.54, 1.807) is 7.05 Å². The van der Waals surface area contributed by atoms with Gasteiger partial charge in [0.15, 0.2) is 11.8 Å². The van der Waals surface area contributed by atoms with Gasteiger partial charge in [-0.25, -0.2) is 8.78 Å². The molecule has 10 nitrogen and oxygen atoms in total. The molecule has 5 heterocycles. The molecular formula is C21H18ClF2N5O5. The summed E-state index contributed by atoms with van der Waals surface area (Å²) >= 11 is 6.27. The lowest BCUT2D eigenvalue weighted by molar-refractivity contribution is 0.00706. The second-order valence-electron chi connectivity index (χ2n) is 8.15. The van der Waals surface area contributed by atoms with Crippen molar-refractivity contribution in [3.8, 4) is 11.9 Å². The predicted molar refractivity (Wildman–Crippen MR) is 114 cm³/mol. The van der Waals surface area contributed by atoms with E-state index in [1.165, 1.54) is 23.0 Å². The predicted octanol–water partition coefficient (Wildman–Crippen LogP) is 2.26. The summed E-state index contributed by atoms with van der Waals surface area (Å²) in [6.07, 6.45) is -0.662. The summed E-state index contributed by atoms with van der Waals surface area (Å²) < 4.78 is 53.2. The van der Waals surface area contributed by atoms with Crippen LogP contribution in [0.15, 0.2) is 18.3 Å². The smallest absolute Gasteiger partial charge is 0.296 e. The highest BCUT2D eigenvalue weighted by Gasteiger charge is 2.48. The number of aromatic amines is 1. The minimum atomic E-state index is -0.766. The molecule has 13 heteroatoms. The molecule has 0 radical (unpaired) electrons. The number of hydrogen-bond donors (Lipinski definition) is 2. The molecule has 34 heavy (non-hydrogen) atoms. The monoisotopic (exact) mass is 493 g/mol. The molecule has 2 aliphatic heterocycles. The molecule has 3 aromatic heterocycles. The average molecular weight is 494 g/mol. The number of aryl methyl sites for hydroxylation is 1. The Morgan fingerprint density at radius 3 is 2.91 bits per heavy atom. The first kappa shape index (κ1) is 21.5. The quantitative estimate of drug-likeness (QED) is 0.435. The number of benzene rings is 1. The highest BCUT2D eigenvalue weighted by Crippen LogP contribution is 2.32. The van der Waals surface area contributed by atoms with Crippen molar-refractivity contribution in [3.05, 3.63) is 40.6 Å². The van der Waals surface area contributed by atoms with Gasteiger partial charge in [-0.05, 0) is 6.07 Å². The molecule has 0 bridgehead atoms. The Balaban J connectivity index is 1.22. The number of rotatable bonds is 5. The molecule has 178 valence electrons. The van der Waals surface area contributed by atoms with Gasteiger partial charge < -0.3 is 29.0 Å². The van der Waals surface area contributed by atoms with Crippen molar-refractivity contribution < 1.29 is 32.8 Å². The number of hydrogen-bond acceptors (Lipinski definition) is 8. The Labute approximate surface area is 195 Å². The number of aliphatic hydroxyl groups is 1. The van der Waals surface area contributed by atoms with Gasteiger partial charge in [0.1, 0.15) is 41.6 Å². The van der Waals surface area contributed by atoms with Gasteiger partial charge in [-0.3, -0.25) is 4.68 Å². The largest absolute Gasteiger partial charge is 0.471 e. The third kappa shape index (κ3) is 3.45. The molecule has 0 saturated carbocycles. The van der Waals surface area contributed by atoms with Gasteiger partial charge >= 0.3 is 0 Å². The Morgan fingerprint density at radius 1 is 1.24 bits per heavy atom. The normalized spacial score (nSPS) is 24.3. The molecule has 2 N–H and O–H groups in total. The first-order valence-electron chi connectivity index (χ1n) is 10.4. The van der Waals surface area contributed by atoms with Crippen LogP contribution in [0.25, 0.3) is 22.1 Å². The van der Waals surface area contributed by atoms with Crippen LogP contribution in [0.5, 0.6) is 11.9 Å². The fourth-order valence-electron chi connectivity index (χ4n) is 4.26. The van der Waals surface area contributed by atoms with E-state index in [0.29, 0.717) is 11.0 Å². The lowest BCUT2D eigenvalue weighted by Gasteiger charge is -2.15. The zero-order valence-corrected chi connectivity index (χ0v) is 18.4. The highest BCUT2D eigenvalue weighted by atomic mass is 35.5. The third-order valence-electron chi connectivity index (χ3n) is 6.01. The number of nitrogens with one attached hydrogen (secondary N) is 1. The lowest BCUT2D eigenvalue weighted by atomic mass is 10.1. The summed E-state index contributed by atoms with van der Waals surface area (Å²) in [5.74, 6) is -1.56. The number of ether oxygens (including phenoxy) is 4. The zero-order valence-electron chi connectivity index (χ0n) is 17.7. The van der Waals surface area contributed by atoms with Gasteiger partial charge in [-0.2, -0.15) is 15.1 Å². The summed E-state index contributed by atoms with van der Waals surface area (Å²) in [4.78, 5) is 11.5. The first-order chi connectivity index (χ1) is 16.4. The molecule has 2 saturated heterocycles. The zero-order chi connectivity index (χ0) is 23.6. The maximum atomic E-state index is 14.8. The van der Waals surface area contributed by atoms with Gasteiger partial charge in [0.25, 0.3) is 6.01 Å². The molecule has 6 rings (SSSR count). The summed E-state index contributed by atoms with van der Waals surface area (Å²) in [5.41, 5.74) is 0.779. The molecule has 2 unspecified atom stereocenters. The number of imidazole rings is 1. The minimum Gasteiger partial charge on any atom is -0.471 e. The van der Waals surface area contributed by atoms with Crippen LogP contribution < -0.4 is 9.47 Å². The van der Waals surface area contributed by atoms with Crippen LogP contribution in [0.3, 0.4) is 0 Å². The van der Waals surface area contributed by atoms with Gasteiger partial charge in [0.05, 0.1) is 41.4 Å². The van der Waals surface area contributed by atoms with E-state index in [-0.39, 0.29) is 46.7 Å². The van der Waals surface area contributed by atoms with Crippen molar-refractivity contribution in [1.29, 1.82) is 0 Å². The second-order valence-corrected chi connectivity index (χ2v) is 8.56. The number of aliphatic hydroxyl groups excluding tert-OH is 1. The van der Waals surface area contributed by atoms with Crippen molar-refractivity contribution in [1.82, 2.24) is 24.7 Å². The van der Waals surface area contributed by atoms with Crippen LogP contribution in [0.2, 0.25) is 5.02 Å². The van der Waals surface area contributed by atoms with Gasteiger partial charge in [0, 0.05) is 13.1 Å². The molecule has 1 aromatic carbocycles. The van der Waals surface area contributed by atoms with Crippen LogP contribution in [0.1, 0.15) is 5.56 Å². The fourth-order valence-corrected chi connectivity index (χ4v) is 4.47. The molecule has 2 aliphatic rings. The fraction of sp³-hybridized carbons (Fsp3) is 0.381. The molecule has 0 amide bonds. The molecule has 2 fully saturated rings. The van der Waals surface area contributed by atoms with E-state index in [4.69, 9.17) is 30.5 Å². The molecule has 4 aromatic rings. The van der Waals surface area contributed by atoms with Crippen molar-refractivity contribution >= 4 is 33.7 Å². The van der Waals surface area contributed by atoms with Crippen molar-refractivity contribution in [2.45, 2.75) is 31.0 Å². The Morgan fingerprint density at radius 2 is 2.06 bits per heavy atom. The van der Waals surface area contributed by atoms with E-state index < -0.39 is 42.7 Å². The minimum absolute atomic E-state index is 0.0381. The second kappa shape index (κ2) is 8.01. The number of fused-ring (bicyclic) bond motifs is 3. The standard InChI is InChI=1S/C21H18ClF2N5O5/c1-29-13-3-11(23)9(16(24)8(13)4-25-29)5-33-20-10(22)2-12-19(27-20)28-21(26-12)34-15-7-32-17-14(30)6-31-18(15)17/h2-4,14-15,17-18,30H,5-7H2,1H3,(H,26,27,28)/t14-,15-,17?,18?/m1/s1. The summed E-state index contributed by atoms with van der Waals surface area (Å²) in [6, 6.07) is 2.89. The average Bonchev–Trinajstić information content (AvgIpc) is 3.55. The van der Waals surface area contributed by atoms with E-state index in [0.717, 1.165) is 0 Å². The molecule has 4 atom stereocenters. The Bertz CT molecular complexity index is 1410. The number of nitrogens with zero attached hydrogens (tertiary/aromatic N) is 4. The lowest BCUT2D eigenvalue weighted by Crippen LogP contribution is -2.34. The number of aromatic nitrogens is 5. The van der Waals surface area contributed by atoms with Gasteiger partial charge in [-0.1, -0.05) is 11.6 Å². The maximum absolute atomic E-state index is 14.8. The van der Waals surface area contributed by atoms with Crippen LogP contribution in [-0.2, 0) is 23.1 Å². The van der Waals surface area contributed by atoms with Gasteiger partial charge in [0.2, 0.25) is 5.88 Å². The van der Waals surface area contributed by atoms with E-state index >= 15 is 0 Å². The van der Waals surface area contributed by atoms with Gasteiger partial charge in [-0.15, -0.1) is 0 Å². The van der Waals surface area contributed by atoms with Crippen molar-refractivity contribution in [3.63, 3.8) is 0 Å². The van der Waals surface area contributed by atoms with E-state index in [1.807, 2.05) is 0 Å². The van der Waals surface area contributed by atoms with E-state index in [2.05, 4.69) is 20.1 Å². The van der Waals surface area contributed by atoms with Crippen LogP contribution in [-0.4, -0.2) is 67.5 Å². The topological polar surface area (TPSA) is 117 Å². The third-order valence-corrected chi connectivity index (χ3v) is 6.28. The van der Waals surface area contributed by atoms with Crippen LogP contribution in [0, 0.1) is 11.6 Å². The first-order valence-corrected chi connectivity index (χ1v) is 10.8. The Kier molecular flexibility index (Phi) is 5.06. The molecule has 0 spiro atoms. The van der Waals surface area contributed by atoms with E-state index in [9.17, 15) is 13.9 Å². The van der Waals surface area contributed by atoms with Crippen molar-refractivity contribution in [2.24, 2.45) is 7.05 Å². The highest BCUT2D eigenvalue weighted by molar-refractivity contribution is 6.32. The van der Waals surface area contributed by atoms with Crippen LogP contribution in [0.4, 0.5) is 8.78 Å². The van der Waals surface area contributed by atoms with Crippen molar-refractivity contribution in [2.75, 3.05) is 13.2 Å². The number of halogens is 3. The SMILES string of the molecule is Cn1ncc2c(F)c(COc3nc4nc(O[C@@H]5COC6C5OC[C@H]6O)[nH]c4cc3Cl)c(F)cc21. The molecule has 0 aliphatic carbocycles. The summed E-state index contributed by atoms with van der Waals surface area (Å²) in [5, 5.41) is 14.1. The Hall–Kier alpha value is -3.06. The van der Waals surface area contributed by atoms with Crippen LogP contribution >= 0.6 is 11.6 Å². The number of pyridine rings is 1. The number of H-pyrrole nitrogens is 1. The summed E-state index contributed by atoms with van der Waals surface area (Å²) in [7, 11) is 1.60. The molecular weight excluding hydrogens is 476 g/mol. The maximum Gasteiger partial charge on any atom is 0.296 e. The summed E-state index contributed by atoms with van der Waals surface area (Å²) in [6.45, 7) is -0.0108.